The molecule has 1 aliphatic heterocycles. The summed E-state index contributed by atoms with van der Waals surface area (Å²) in [5.41, 5.74) is 2.30. The van der Waals surface area contributed by atoms with Gasteiger partial charge in [-0.3, -0.25) is 10.1 Å². The second-order valence-corrected chi connectivity index (χ2v) is 5.26. The quantitative estimate of drug-likeness (QED) is 0.422. The molecule has 0 saturated carbocycles. The first-order valence-electron chi connectivity index (χ1n) is 5.63. The van der Waals surface area contributed by atoms with E-state index in [0.29, 0.717) is 11.7 Å². The number of pyridine rings is 1. The van der Waals surface area contributed by atoms with Crippen LogP contribution in [-0.2, 0) is 0 Å². The van der Waals surface area contributed by atoms with E-state index in [0.717, 1.165) is 12.3 Å². The third-order valence-electron chi connectivity index (χ3n) is 2.76. The lowest BCUT2D eigenvalue weighted by molar-refractivity contribution is -0.384. The number of hydrazine groups is 1. The Morgan fingerprint density at radius 3 is 2.94 bits per heavy atom. The van der Waals surface area contributed by atoms with Crippen LogP contribution in [0.1, 0.15) is 6.42 Å². The number of nitrogen functional groups attached to an aromatic ring is 1. The van der Waals surface area contributed by atoms with Crippen molar-refractivity contribution in [2.45, 2.75) is 6.42 Å². The van der Waals surface area contributed by atoms with Gasteiger partial charge in [0, 0.05) is 6.54 Å². The van der Waals surface area contributed by atoms with E-state index >= 15 is 0 Å². The molecule has 7 nitrogen and oxygen atoms in total. The van der Waals surface area contributed by atoms with E-state index < -0.39 is 4.92 Å². The van der Waals surface area contributed by atoms with Crippen molar-refractivity contribution in [3.05, 3.63) is 22.2 Å². The number of hydrogen-bond donors (Lipinski definition) is 3. The number of nitrogens with one attached hydrogen (secondary N) is 2. The van der Waals surface area contributed by atoms with E-state index in [2.05, 4.69) is 15.7 Å². The molecule has 8 heteroatoms. The number of nitrogens with zero attached hydrogens (tertiary/aromatic N) is 2. The molecule has 18 heavy (non-hydrogen) atoms. The maximum absolute atomic E-state index is 10.8. The number of anilines is 2. The van der Waals surface area contributed by atoms with Crippen LogP contribution in [0.5, 0.6) is 0 Å². The Kier molecular flexibility index (Phi) is 4.21. The molecule has 1 aromatic rings. The second-order valence-electron chi connectivity index (χ2n) is 4.11. The zero-order valence-corrected chi connectivity index (χ0v) is 10.6. The van der Waals surface area contributed by atoms with Gasteiger partial charge in [0.2, 0.25) is 0 Å². The fourth-order valence-electron chi connectivity index (χ4n) is 1.78. The summed E-state index contributed by atoms with van der Waals surface area (Å²) in [6.45, 7) is 0.783. The Bertz CT molecular complexity index is 436. The first-order chi connectivity index (χ1) is 8.69. The minimum Gasteiger partial charge on any atom is -0.369 e. The smallest absolute Gasteiger partial charge is 0.276 e. The van der Waals surface area contributed by atoms with Gasteiger partial charge in [-0.2, -0.15) is 11.8 Å². The maximum atomic E-state index is 10.8. The van der Waals surface area contributed by atoms with Gasteiger partial charge in [0.05, 0.1) is 17.1 Å². The minimum absolute atomic E-state index is 0.0266. The average molecular weight is 269 g/mol. The number of nitrogens with two attached hydrogens (primary N) is 1. The van der Waals surface area contributed by atoms with Crippen LogP contribution in [0.4, 0.5) is 17.3 Å². The summed E-state index contributed by atoms with van der Waals surface area (Å²) in [6, 6.07) is 2.72. The van der Waals surface area contributed by atoms with Gasteiger partial charge in [0.25, 0.3) is 5.69 Å². The van der Waals surface area contributed by atoms with Gasteiger partial charge in [0.15, 0.2) is 0 Å². The molecule has 0 radical (unpaired) electrons. The van der Waals surface area contributed by atoms with Crippen LogP contribution in [0, 0.1) is 16.0 Å². The van der Waals surface area contributed by atoms with E-state index in [1.54, 1.807) is 0 Å². The fourth-order valence-corrected chi connectivity index (χ4v) is 3.06. The molecule has 1 unspecified atom stereocenters. The predicted molar refractivity (Wildman–Crippen MR) is 72.6 cm³/mol. The third-order valence-corrected chi connectivity index (χ3v) is 4.00. The number of rotatable bonds is 5. The highest BCUT2D eigenvalue weighted by Crippen LogP contribution is 2.25. The summed E-state index contributed by atoms with van der Waals surface area (Å²) in [6.07, 6.45) is 1.18. The second kappa shape index (κ2) is 5.87. The van der Waals surface area contributed by atoms with Gasteiger partial charge in [0.1, 0.15) is 11.6 Å². The Balaban J connectivity index is 2.05. The van der Waals surface area contributed by atoms with Crippen LogP contribution in [0.3, 0.4) is 0 Å². The molecule has 1 aliphatic rings. The van der Waals surface area contributed by atoms with Gasteiger partial charge >= 0.3 is 0 Å². The molecule has 0 aromatic carbocycles. The van der Waals surface area contributed by atoms with Gasteiger partial charge in [-0.25, -0.2) is 10.8 Å². The average Bonchev–Trinajstić information content (AvgIpc) is 2.89. The van der Waals surface area contributed by atoms with Gasteiger partial charge in [-0.15, -0.1) is 0 Å². The first-order valence-corrected chi connectivity index (χ1v) is 6.79. The van der Waals surface area contributed by atoms with Crippen molar-refractivity contribution >= 4 is 29.1 Å². The SMILES string of the molecule is NNc1cc([N+](=O)[O-])cc(NCC2CCSC2)n1. The van der Waals surface area contributed by atoms with E-state index in [1.807, 2.05) is 11.8 Å². The molecule has 1 atom stereocenters. The topological polar surface area (TPSA) is 106 Å². The van der Waals surface area contributed by atoms with Gasteiger partial charge in [-0.05, 0) is 23.8 Å². The van der Waals surface area contributed by atoms with Crippen molar-refractivity contribution in [3.8, 4) is 0 Å². The summed E-state index contributed by atoms with van der Waals surface area (Å²) in [4.78, 5) is 14.4. The largest absolute Gasteiger partial charge is 0.369 e. The molecule has 0 aliphatic carbocycles. The van der Waals surface area contributed by atoms with Crippen LogP contribution in [0.25, 0.3) is 0 Å². The summed E-state index contributed by atoms with van der Waals surface area (Å²) < 4.78 is 0. The number of nitro groups is 1. The van der Waals surface area contributed by atoms with Crippen molar-refractivity contribution in [2.24, 2.45) is 11.8 Å². The first kappa shape index (κ1) is 12.9. The molecule has 98 valence electrons. The van der Waals surface area contributed by atoms with Crippen LogP contribution >= 0.6 is 11.8 Å². The fraction of sp³-hybridized carbons (Fsp3) is 0.500. The van der Waals surface area contributed by atoms with Crippen molar-refractivity contribution in [1.29, 1.82) is 0 Å². The molecule has 1 aromatic heterocycles. The summed E-state index contributed by atoms with van der Waals surface area (Å²) >= 11 is 1.93. The molecule has 2 heterocycles. The Morgan fingerprint density at radius 1 is 1.56 bits per heavy atom. The van der Waals surface area contributed by atoms with Crippen LogP contribution in [0.2, 0.25) is 0 Å². The number of hydrogen-bond acceptors (Lipinski definition) is 7. The van der Waals surface area contributed by atoms with Gasteiger partial charge in [-0.1, -0.05) is 0 Å². The van der Waals surface area contributed by atoms with Crippen molar-refractivity contribution in [3.63, 3.8) is 0 Å². The molecule has 0 spiro atoms. The summed E-state index contributed by atoms with van der Waals surface area (Å²) in [7, 11) is 0. The highest BCUT2D eigenvalue weighted by atomic mass is 32.2. The van der Waals surface area contributed by atoms with E-state index in [-0.39, 0.29) is 11.5 Å². The lowest BCUT2D eigenvalue weighted by Gasteiger charge is -2.11. The monoisotopic (exact) mass is 269 g/mol. The zero-order chi connectivity index (χ0) is 13.0. The third kappa shape index (κ3) is 3.23. The van der Waals surface area contributed by atoms with Crippen molar-refractivity contribution in [1.82, 2.24) is 4.98 Å². The Hall–Kier alpha value is -1.54. The lowest BCUT2D eigenvalue weighted by atomic mass is 10.1. The molecule has 0 bridgehead atoms. The molecular formula is C10H15N5O2S. The maximum Gasteiger partial charge on any atom is 0.276 e. The molecule has 1 saturated heterocycles. The Labute approximate surface area is 109 Å². The summed E-state index contributed by atoms with van der Waals surface area (Å²) in [5, 5.41) is 13.9. The van der Waals surface area contributed by atoms with E-state index in [9.17, 15) is 10.1 Å². The van der Waals surface area contributed by atoms with Crippen LogP contribution < -0.4 is 16.6 Å². The van der Waals surface area contributed by atoms with E-state index in [4.69, 9.17) is 5.84 Å². The van der Waals surface area contributed by atoms with E-state index in [1.165, 1.54) is 24.3 Å². The van der Waals surface area contributed by atoms with Crippen LogP contribution in [0.15, 0.2) is 12.1 Å². The standard InChI is InChI=1S/C10H15N5O2S/c11-14-10-4-8(15(16)17)3-9(13-10)12-5-7-1-2-18-6-7/h3-4,7H,1-2,5-6,11H2,(H2,12,13,14). The molecule has 1 fully saturated rings. The molecular weight excluding hydrogens is 254 g/mol. The normalized spacial score (nSPS) is 18.6. The number of thioether (sulfide) groups is 1. The van der Waals surface area contributed by atoms with Crippen molar-refractivity contribution in [2.75, 3.05) is 28.8 Å². The lowest BCUT2D eigenvalue weighted by Crippen LogP contribution is -2.15. The molecule has 0 amide bonds. The van der Waals surface area contributed by atoms with Crippen molar-refractivity contribution < 1.29 is 4.92 Å². The predicted octanol–water partition coefficient (Wildman–Crippen LogP) is 1.44. The number of aromatic nitrogens is 1. The highest BCUT2D eigenvalue weighted by molar-refractivity contribution is 7.99. The highest BCUT2D eigenvalue weighted by Gasteiger charge is 2.16. The van der Waals surface area contributed by atoms with Gasteiger partial charge < -0.3 is 10.7 Å². The van der Waals surface area contributed by atoms with Crippen LogP contribution in [-0.4, -0.2) is 28.0 Å². The Morgan fingerprint density at radius 2 is 2.33 bits per heavy atom. The minimum atomic E-state index is -0.459. The summed E-state index contributed by atoms with van der Waals surface area (Å²) in [5.74, 6) is 8.92. The zero-order valence-electron chi connectivity index (χ0n) is 9.76. The molecule has 4 N–H and O–H groups in total. The molecule has 2 rings (SSSR count).